The van der Waals surface area contributed by atoms with Crippen molar-refractivity contribution >= 4 is 102 Å². The van der Waals surface area contributed by atoms with Gasteiger partial charge in [-0.15, -0.1) is 11.8 Å². The fraction of sp³-hybridized carbons (Fsp3) is 0.100. The van der Waals surface area contributed by atoms with Gasteiger partial charge in [0.1, 0.15) is 53.3 Å². The van der Waals surface area contributed by atoms with Crippen LogP contribution in [0.3, 0.4) is 0 Å². The number of hydrogen-bond donors (Lipinski definition) is 0. The number of benzene rings is 12. The van der Waals surface area contributed by atoms with E-state index in [9.17, 15) is 8.42 Å². The minimum Gasteiger partial charge on any atom is -0.457 e. The highest BCUT2D eigenvalue weighted by Gasteiger charge is 2.20. The van der Waals surface area contributed by atoms with Gasteiger partial charge in [0.05, 0.1) is 10.9 Å². The summed E-state index contributed by atoms with van der Waals surface area (Å²) in [6, 6.07) is 103. The lowest BCUT2D eigenvalue weighted by molar-refractivity contribution is 0.481. The van der Waals surface area contributed by atoms with Crippen LogP contribution in [0.25, 0.3) is 0 Å². The van der Waals surface area contributed by atoms with Gasteiger partial charge in [0.15, 0.2) is 14.7 Å². The molecule has 0 bridgehead atoms. The SMILES string of the molecule is CS(=O)c1ccc(Oc2ccc(S(C)=O)cc2)cc1.CSc1ccc(Oc2ccc(Sc3ccc(Sc4ccc(C)cc4)cc3)cc2)cc1.Cc1ccc(Sc2ccc([S+](C)c3ccc(Oc4ccc([S+](C)C)cc4)cc3)cc2)cc1.c1ccc(Sc2ccccc2)cc1. The molecule has 12 rings (SSSR count). The summed E-state index contributed by atoms with van der Waals surface area (Å²) in [6.07, 6.45) is 12.1. The van der Waals surface area contributed by atoms with Crippen molar-refractivity contribution in [3.05, 3.63) is 314 Å². The van der Waals surface area contributed by atoms with Crippen LogP contribution in [0.4, 0.5) is 0 Å². The molecule has 0 aliphatic rings. The summed E-state index contributed by atoms with van der Waals surface area (Å²) in [5.41, 5.74) is 2.58. The first-order chi connectivity index (χ1) is 45.7. The van der Waals surface area contributed by atoms with E-state index >= 15 is 0 Å². The molecule has 0 radical (unpaired) electrons. The molecule has 0 heterocycles. The number of rotatable bonds is 20. The van der Waals surface area contributed by atoms with E-state index in [4.69, 9.17) is 14.2 Å². The minimum atomic E-state index is -0.981. The monoisotopic (exact) mass is 1400 g/mol. The van der Waals surface area contributed by atoms with Crippen LogP contribution >= 0.6 is 58.8 Å². The third-order valence-corrected chi connectivity index (χ3v) is 23.7. The summed E-state index contributed by atoms with van der Waals surface area (Å²) in [4.78, 5) is 16.8. The average molecular weight is 1400 g/mol. The fourth-order valence-electron chi connectivity index (χ4n) is 8.68. The van der Waals surface area contributed by atoms with Gasteiger partial charge in [-0.05, 0) is 263 Å². The second-order valence-electron chi connectivity index (χ2n) is 21.2. The highest BCUT2D eigenvalue weighted by molar-refractivity contribution is 8.00. The van der Waals surface area contributed by atoms with Gasteiger partial charge < -0.3 is 14.2 Å². The van der Waals surface area contributed by atoms with Gasteiger partial charge >= 0.3 is 0 Å². The lowest BCUT2D eigenvalue weighted by Crippen LogP contribution is -2.00. The van der Waals surface area contributed by atoms with Crippen LogP contribution in [0.5, 0.6) is 34.5 Å². The van der Waals surface area contributed by atoms with Crippen LogP contribution in [0.2, 0.25) is 0 Å². The Morgan fingerprint density at radius 2 is 0.500 bits per heavy atom. The highest BCUT2D eigenvalue weighted by atomic mass is 32.2. The van der Waals surface area contributed by atoms with E-state index in [0.717, 1.165) is 32.8 Å². The molecule has 3 unspecified atom stereocenters. The van der Waals surface area contributed by atoms with Crippen LogP contribution in [0.15, 0.2) is 372 Å². The molecule has 0 aliphatic carbocycles. The predicted octanol–water partition coefficient (Wildman–Crippen LogP) is 23.4. The molecule has 0 aliphatic heterocycles. The first kappa shape index (κ1) is 71.1. The zero-order chi connectivity index (χ0) is 66.0. The van der Waals surface area contributed by atoms with Gasteiger partial charge in [-0.25, -0.2) is 0 Å². The Hall–Kier alpha value is -7.21. The molecule has 3 atom stereocenters. The molecule has 0 N–H and O–H groups in total. The van der Waals surface area contributed by atoms with Crippen molar-refractivity contribution in [2.45, 2.75) is 82.4 Å². The van der Waals surface area contributed by atoms with Gasteiger partial charge in [-0.3, -0.25) is 8.42 Å². The van der Waals surface area contributed by atoms with Crippen molar-refractivity contribution in [2.75, 3.05) is 37.5 Å². The van der Waals surface area contributed by atoms with Crippen LogP contribution in [-0.2, 0) is 43.4 Å². The van der Waals surface area contributed by atoms with Crippen LogP contribution in [0.1, 0.15) is 11.1 Å². The van der Waals surface area contributed by atoms with Crippen LogP contribution in [-0.4, -0.2) is 46.0 Å². The summed E-state index contributed by atoms with van der Waals surface area (Å²) in [5, 5.41) is 0. The van der Waals surface area contributed by atoms with E-state index < -0.39 is 21.6 Å². The molecule has 476 valence electrons. The standard InChI is InChI=1S/C28H28OS3.C26H22OS3.C14H14O3S2.C12H10S/c1-21-5-11-24(12-6-21)30-25-13-19-28(20-14-25)32(4)27-17-9-23(10-18-27)29-22-7-15-26(16-8-22)31(2)3;1-19-3-9-23(10-4-19)29-25-15-17-26(18-16-25)30-24-13-7-21(8-14-24)27-20-5-11-22(28-2)12-6-20;1-18(15)13-7-3-11(4-8-13)17-12-5-9-14(10-6-12)19(2)16;1-3-7-11(8-4-1)13-12-9-5-2-6-10-12/h5-20H,1-4H3;3-18H,1-2H3;3-10H,1-2H3;1-10H/q+2;;;. The van der Waals surface area contributed by atoms with Crippen LogP contribution < -0.4 is 14.2 Å². The van der Waals surface area contributed by atoms with Crippen LogP contribution in [0, 0.1) is 13.8 Å². The Morgan fingerprint density at radius 3 is 0.787 bits per heavy atom. The lowest BCUT2D eigenvalue weighted by atomic mass is 10.2. The summed E-state index contributed by atoms with van der Waals surface area (Å²) in [5.74, 6) is 4.81. The van der Waals surface area contributed by atoms with Gasteiger partial charge in [0, 0.05) is 98.9 Å². The van der Waals surface area contributed by atoms with Crippen molar-refractivity contribution in [1.82, 2.24) is 0 Å². The molecule has 12 aromatic carbocycles. The first-order valence-electron chi connectivity index (χ1n) is 29.9. The smallest absolute Gasteiger partial charge is 0.160 e. The Labute approximate surface area is 588 Å². The lowest BCUT2D eigenvalue weighted by Gasteiger charge is -2.08. The highest BCUT2D eigenvalue weighted by Crippen LogP contribution is 2.36. The maximum absolute atomic E-state index is 11.3. The van der Waals surface area contributed by atoms with Crippen molar-refractivity contribution in [1.29, 1.82) is 0 Å². The number of ether oxygens (including phenoxy) is 3. The summed E-state index contributed by atoms with van der Waals surface area (Å²) in [7, 11) is -1.67. The normalized spacial score (nSPS) is 11.7. The van der Waals surface area contributed by atoms with Gasteiger partial charge in [-0.1, -0.05) is 119 Å². The quantitative estimate of drug-likeness (QED) is 0.0545. The zero-order valence-corrected chi connectivity index (χ0v) is 60.9. The summed E-state index contributed by atoms with van der Waals surface area (Å²) < 4.78 is 40.1. The molecule has 0 aromatic heterocycles. The zero-order valence-electron chi connectivity index (χ0n) is 53.6. The molecule has 12 aromatic rings. The van der Waals surface area contributed by atoms with Crippen molar-refractivity contribution < 1.29 is 22.6 Å². The van der Waals surface area contributed by atoms with E-state index in [-0.39, 0.29) is 21.8 Å². The molecular weight excluding hydrogens is 1330 g/mol. The van der Waals surface area contributed by atoms with E-state index in [2.05, 4.69) is 257 Å². The largest absolute Gasteiger partial charge is 0.457 e. The topological polar surface area (TPSA) is 61.8 Å². The Kier molecular flexibility index (Phi) is 28.1. The molecule has 0 saturated heterocycles. The molecule has 0 fully saturated rings. The van der Waals surface area contributed by atoms with E-state index in [1.807, 2.05) is 36.4 Å². The van der Waals surface area contributed by atoms with Crippen molar-refractivity contribution in [3.8, 4) is 34.5 Å². The molecule has 14 heteroatoms. The minimum absolute atomic E-state index is 0.0183. The first-order valence-corrected chi connectivity index (χ1v) is 41.2. The Balaban J connectivity index is 0.000000155. The third-order valence-electron chi connectivity index (χ3n) is 13.8. The van der Waals surface area contributed by atoms with E-state index in [0.29, 0.717) is 11.5 Å². The maximum atomic E-state index is 11.3. The molecule has 0 spiro atoms. The summed E-state index contributed by atoms with van der Waals surface area (Å²) in [6.45, 7) is 4.23. The molecule has 0 amide bonds. The second kappa shape index (κ2) is 37.2. The number of thioether (sulfide) groups is 1. The van der Waals surface area contributed by atoms with E-state index in [1.165, 1.54) is 69.9 Å². The molecule has 0 saturated carbocycles. The predicted molar refractivity (Wildman–Crippen MR) is 407 cm³/mol. The van der Waals surface area contributed by atoms with Crippen molar-refractivity contribution in [3.63, 3.8) is 0 Å². The third kappa shape index (κ3) is 23.6. The number of hydrogen-bond acceptors (Lipinski definition) is 10. The van der Waals surface area contributed by atoms with Crippen molar-refractivity contribution in [2.24, 2.45) is 0 Å². The van der Waals surface area contributed by atoms with Gasteiger partial charge in [-0.2, -0.15) is 0 Å². The summed E-state index contributed by atoms with van der Waals surface area (Å²) >= 11 is 8.87. The average Bonchev–Trinajstić information content (AvgIpc) is 3.81. The Morgan fingerprint density at radius 1 is 0.277 bits per heavy atom. The van der Waals surface area contributed by atoms with Gasteiger partial charge in [0.25, 0.3) is 0 Å². The molecule has 5 nitrogen and oxygen atoms in total. The van der Waals surface area contributed by atoms with Gasteiger partial charge in [0.2, 0.25) is 0 Å². The Bertz CT molecular complexity index is 4150. The maximum Gasteiger partial charge on any atom is 0.160 e. The molecule has 94 heavy (non-hydrogen) atoms. The second-order valence-corrected chi connectivity index (χ2v) is 33.5. The van der Waals surface area contributed by atoms with E-state index in [1.54, 1.807) is 120 Å². The molecular formula is C80H74O5S9+2. The fourth-order valence-corrected chi connectivity index (χ4v) is 15.5. The number of aryl methyl sites for hydroxylation is 2.